The molecule has 3 heterocycles. The second-order valence-electron chi connectivity index (χ2n) is 5.83. The fourth-order valence-electron chi connectivity index (χ4n) is 2.96. The molecule has 0 radical (unpaired) electrons. The minimum atomic E-state index is -0.184. The van der Waals surface area contributed by atoms with Crippen molar-refractivity contribution in [1.29, 1.82) is 0 Å². The number of amides is 2. The van der Waals surface area contributed by atoms with Crippen LogP contribution in [0.15, 0.2) is 23.1 Å². The van der Waals surface area contributed by atoms with Gasteiger partial charge in [-0.2, -0.15) is 0 Å². The highest BCUT2D eigenvalue weighted by atomic mass is 32.2. The average Bonchev–Trinajstić information content (AvgIpc) is 3.12. The molecule has 2 amide bonds. The van der Waals surface area contributed by atoms with E-state index in [-0.39, 0.29) is 11.8 Å². The predicted octanol–water partition coefficient (Wildman–Crippen LogP) is 1.59. The summed E-state index contributed by atoms with van der Waals surface area (Å²) in [5.41, 5.74) is 1.23. The molecule has 124 valence electrons. The van der Waals surface area contributed by atoms with Crippen LogP contribution in [0.2, 0.25) is 0 Å². The molecule has 0 fully saturated rings. The van der Waals surface area contributed by atoms with Crippen LogP contribution in [0.1, 0.15) is 34.8 Å². The van der Waals surface area contributed by atoms with Gasteiger partial charge in [0, 0.05) is 35.6 Å². The highest BCUT2D eigenvalue weighted by molar-refractivity contribution is 7.99. The van der Waals surface area contributed by atoms with Gasteiger partial charge >= 0.3 is 0 Å². The van der Waals surface area contributed by atoms with Crippen molar-refractivity contribution >= 4 is 29.3 Å². The molecule has 0 aliphatic carbocycles. The minimum Gasteiger partial charge on any atom is -0.345 e. The first-order chi connectivity index (χ1) is 11.7. The SMILES string of the molecule is O=C1CCSc2ccc(C(=O)NCc3nnc4n3CCC4)cc2N1. The van der Waals surface area contributed by atoms with Gasteiger partial charge in [-0.3, -0.25) is 9.59 Å². The molecule has 0 unspecified atom stereocenters. The van der Waals surface area contributed by atoms with Crippen LogP contribution in [0.3, 0.4) is 0 Å². The van der Waals surface area contributed by atoms with Gasteiger partial charge in [-0.1, -0.05) is 0 Å². The number of hydrogen-bond acceptors (Lipinski definition) is 5. The monoisotopic (exact) mass is 343 g/mol. The summed E-state index contributed by atoms with van der Waals surface area (Å²) >= 11 is 1.62. The maximum atomic E-state index is 12.4. The lowest BCUT2D eigenvalue weighted by Gasteiger charge is -2.10. The summed E-state index contributed by atoms with van der Waals surface area (Å²) in [5.74, 6) is 2.33. The standard InChI is InChI=1S/C16H17N5O2S/c22-15-5-7-24-12-4-3-10(8-11(12)18-15)16(23)17-9-14-20-19-13-2-1-6-21(13)14/h3-4,8H,1-2,5-7,9H2,(H,17,23)(H,18,22). The van der Waals surface area contributed by atoms with Crippen LogP contribution in [0, 0.1) is 0 Å². The lowest BCUT2D eigenvalue weighted by Crippen LogP contribution is -2.25. The molecule has 0 atom stereocenters. The third kappa shape index (κ3) is 2.89. The summed E-state index contributed by atoms with van der Waals surface area (Å²) in [4.78, 5) is 25.1. The molecule has 0 bridgehead atoms. The van der Waals surface area contributed by atoms with Crippen molar-refractivity contribution < 1.29 is 9.59 Å². The molecule has 0 spiro atoms. The highest BCUT2D eigenvalue weighted by Crippen LogP contribution is 2.31. The van der Waals surface area contributed by atoms with Crippen LogP contribution in [-0.4, -0.2) is 32.3 Å². The molecular formula is C16H17N5O2S. The zero-order valence-corrected chi connectivity index (χ0v) is 13.9. The van der Waals surface area contributed by atoms with Crippen molar-refractivity contribution in [2.75, 3.05) is 11.1 Å². The third-order valence-corrected chi connectivity index (χ3v) is 5.27. The van der Waals surface area contributed by atoms with Crippen molar-refractivity contribution in [1.82, 2.24) is 20.1 Å². The Morgan fingerprint density at radius 3 is 3.17 bits per heavy atom. The van der Waals surface area contributed by atoms with Gasteiger partial charge in [-0.25, -0.2) is 0 Å². The lowest BCUT2D eigenvalue weighted by molar-refractivity contribution is -0.115. The number of aryl methyl sites for hydroxylation is 1. The Kier molecular flexibility index (Phi) is 3.97. The summed E-state index contributed by atoms with van der Waals surface area (Å²) in [7, 11) is 0. The van der Waals surface area contributed by atoms with Crippen molar-refractivity contribution in [3.8, 4) is 0 Å². The summed E-state index contributed by atoms with van der Waals surface area (Å²) in [6, 6.07) is 5.40. The van der Waals surface area contributed by atoms with E-state index in [2.05, 4.69) is 25.4 Å². The number of hydrogen-bond donors (Lipinski definition) is 2. The van der Waals surface area contributed by atoms with Gasteiger partial charge in [0.15, 0.2) is 5.82 Å². The minimum absolute atomic E-state index is 0.0159. The number of carbonyl (C=O) groups excluding carboxylic acids is 2. The van der Waals surface area contributed by atoms with Gasteiger partial charge < -0.3 is 15.2 Å². The molecule has 1 aromatic heterocycles. The van der Waals surface area contributed by atoms with Crippen LogP contribution in [-0.2, 0) is 24.3 Å². The quantitative estimate of drug-likeness (QED) is 0.883. The average molecular weight is 343 g/mol. The van der Waals surface area contributed by atoms with E-state index in [0.29, 0.717) is 24.2 Å². The Balaban J connectivity index is 1.47. The van der Waals surface area contributed by atoms with E-state index < -0.39 is 0 Å². The third-order valence-electron chi connectivity index (χ3n) is 4.20. The lowest BCUT2D eigenvalue weighted by atomic mass is 10.2. The Bertz CT molecular complexity index is 817. The number of nitrogens with zero attached hydrogens (tertiary/aromatic N) is 3. The number of nitrogens with one attached hydrogen (secondary N) is 2. The van der Waals surface area contributed by atoms with Gasteiger partial charge in [0.1, 0.15) is 5.82 Å². The number of rotatable bonds is 3. The molecular weight excluding hydrogens is 326 g/mol. The fraction of sp³-hybridized carbons (Fsp3) is 0.375. The molecule has 2 N–H and O–H groups in total. The summed E-state index contributed by atoms with van der Waals surface area (Å²) < 4.78 is 2.06. The molecule has 8 heteroatoms. The number of aromatic nitrogens is 3. The van der Waals surface area contributed by atoms with Crippen molar-refractivity contribution in [3.63, 3.8) is 0 Å². The molecule has 0 saturated heterocycles. The molecule has 0 saturated carbocycles. The van der Waals surface area contributed by atoms with E-state index in [1.54, 1.807) is 23.9 Å². The summed E-state index contributed by atoms with van der Waals surface area (Å²) in [6.07, 6.45) is 2.51. The Hall–Kier alpha value is -2.35. The van der Waals surface area contributed by atoms with Crippen LogP contribution in [0.25, 0.3) is 0 Å². The van der Waals surface area contributed by atoms with Gasteiger partial charge in [-0.15, -0.1) is 22.0 Å². The zero-order chi connectivity index (χ0) is 16.5. The van der Waals surface area contributed by atoms with Crippen LogP contribution in [0.4, 0.5) is 5.69 Å². The van der Waals surface area contributed by atoms with Gasteiger partial charge in [0.2, 0.25) is 5.91 Å². The second kappa shape index (κ2) is 6.27. The summed E-state index contributed by atoms with van der Waals surface area (Å²) in [5, 5.41) is 14.0. The van der Waals surface area contributed by atoms with E-state index in [4.69, 9.17) is 0 Å². The van der Waals surface area contributed by atoms with E-state index in [1.807, 2.05) is 6.07 Å². The molecule has 2 aliphatic rings. The number of benzene rings is 1. The van der Waals surface area contributed by atoms with Crippen molar-refractivity contribution in [2.45, 2.75) is 37.2 Å². The fourth-order valence-corrected chi connectivity index (χ4v) is 3.90. The molecule has 2 aromatic rings. The molecule has 7 nitrogen and oxygen atoms in total. The Morgan fingerprint density at radius 2 is 2.25 bits per heavy atom. The number of fused-ring (bicyclic) bond motifs is 2. The van der Waals surface area contributed by atoms with Crippen molar-refractivity contribution in [2.24, 2.45) is 0 Å². The van der Waals surface area contributed by atoms with E-state index >= 15 is 0 Å². The smallest absolute Gasteiger partial charge is 0.251 e. The predicted molar refractivity (Wildman–Crippen MR) is 89.9 cm³/mol. The van der Waals surface area contributed by atoms with Crippen LogP contribution in [0.5, 0.6) is 0 Å². The first-order valence-electron chi connectivity index (χ1n) is 7.96. The number of thioether (sulfide) groups is 1. The topological polar surface area (TPSA) is 88.9 Å². The normalized spacial score (nSPS) is 16.1. The Morgan fingerprint density at radius 1 is 1.33 bits per heavy atom. The maximum Gasteiger partial charge on any atom is 0.251 e. The zero-order valence-electron chi connectivity index (χ0n) is 13.0. The van der Waals surface area contributed by atoms with Crippen LogP contribution < -0.4 is 10.6 Å². The number of anilines is 1. The van der Waals surface area contributed by atoms with Gasteiger partial charge in [0.25, 0.3) is 5.91 Å². The molecule has 4 rings (SSSR count). The van der Waals surface area contributed by atoms with Crippen LogP contribution >= 0.6 is 11.8 Å². The van der Waals surface area contributed by atoms with E-state index in [9.17, 15) is 9.59 Å². The first-order valence-corrected chi connectivity index (χ1v) is 8.95. The Labute approximate surface area is 143 Å². The van der Waals surface area contributed by atoms with E-state index in [1.165, 1.54) is 0 Å². The number of carbonyl (C=O) groups is 2. The molecule has 1 aromatic carbocycles. The largest absolute Gasteiger partial charge is 0.345 e. The summed E-state index contributed by atoms with van der Waals surface area (Å²) in [6.45, 7) is 1.26. The first kappa shape index (κ1) is 15.2. The maximum absolute atomic E-state index is 12.4. The van der Waals surface area contributed by atoms with Gasteiger partial charge in [0.05, 0.1) is 12.2 Å². The van der Waals surface area contributed by atoms with E-state index in [0.717, 1.165) is 41.7 Å². The van der Waals surface area contributed by atoms with Gasteiger partial charge in [-0.05, 0) is 24.6 Å². The molecule has 24 heavy (non-hydrogen) atoms. The molecule has 2 aliphatic heterocycles. The van der Waals surface area contributed by atoms with Crippen molar-refractivity contribution in [3.05, 3.63) is 35.4 Å². The second-order valence-corrected chi connectivity index (χ2v) is 6.96. The highest BCUT2D eigenvalue weighted by Gasteiger charge is 2.19.